The molecule has 5 heteroatoms. The molecule has 0 radical (unpaired) electrons. The van der Waals surface area contributed by atoms with Crippen molar-refractivity contribution >= 4 is 5.91 Å². The maximum atomic E-state index is 11.3. The lowest BCUT2D eigenvalue weighted by atomic mass is 10.0. The molecule has 0 fully saturated rings. The van der Waals surface area contributed by atoms with Crippen LogP contribution in [-0.4, -0.2) is 36.3 Å². The summed E-state index contributed by atoms with van der Waals surface area (Å²) in [6, 6.07) is 5.46. The normalized spacial score (nSPS) is 14.0. The van der Waals surface area contributed by atoms with Crippen molar-refractivity contribution in [3.8, 4) is 5.75 Å². The van der Waals surface area contributed by atoms with E-state index in [0.29, 0.717) is 0 Å². The number of amides is 1. The summed E-state index contributed by atoms with van der Waals surface area (Å²) < 4.78 is 5.58. The number of hydrogen-bond donors (Lipinski definition) is 3. The zero-order valence-electron chi connectivity index (χ0n) is 13.2. The maximum Gasteiger partial charge on any atom is 0.234 e. The van der Waals surface area contributed by atoms with Gasteiger partial charge in [-0.15, -0.1) is 0 Å². The van der Waals surface area contributed by atoms with E-state index in [1.54, 1.807) is 0 Å². The smallest absolute Gasteiger partial charge is 0.234 e. The van der Waals surface area contributed by atoms with E-state index in [-0.39, 0.29) is 19.1 Å². The zero-order chi connectivity index (χ0) is 16.0. The van der Waals surface area contributed by atoms with Gasteiger partial charge in [0, 0.05) is 6.54 Å². The van der Waals surface area contributed by atoms with E-state index in [1.165, 1.54) is 0 Å². The van der Waals surface area contributed by atoms with Gasteiger partial charge in [-0.05, 0) is 43.0 Å². The fourth-order valence-electron chi connectivity index (χ4n) is 2.20. The third-order valence-corrected chi connectivity index (χ3v) is 3.18. The van der Waals surface area contributed by atoms with Gasteiger partial charge in [0.1, 0.15) is 18.5 Å². The lowest BCUT2D eigenvalue weighted by Gasteiger charge is -2.21. The second kappa shape index (κ2) is 8.00. The van der Waals surface area contributed by atoms with Crippen LogP contribution in [0.25, 0.3) is 0 Å². The molecule has 0 bridgehead atoms. The van der Waals surface area contributed by atoms with Crippen LogP contribution < -0.4 is 15.8 Å². The predicted octanol–water partition coefficient (Wildman–Crippen LogP) is 1.14. The van der Waals surface area contributed by atoms with Gasteiger partial charge in [-0.25, -0.2) is 0 Å². The molecule has 1 rings (SSSR count). The number of carbonyl (C=O) groups excluding carboxylic acids is 1. The van der Waals surface area contributed by atoms with Crippen molar-refractivity contribution in [1.82, 2.24) is 5.32 Å². The van der Waals surface area contributed by atoms with Crippen LogP contribution in [0.4, 0.5) is 0 Å². The molecule has 2 atom stereocenters. The number of nitrogens with one attached hydrogen (secondary N) is 1. The van der Waals surface area contributed by atoms with E-state index in [4.69, 9.17) is 10.5 Å². The van der Waals surface area contributed by atoms with Gasteiger partial charge >= 0.3 is 0 Å². The van der Waals surface area contributed by atoms with Crippen molar-refractivity contribution in [2.45, 2.75) is 39.8 Å². The van der Waals surface area contributed by atoms with Gasteiger partial charge in [0.2, 0.25) is 5.91 Å². The van der Waals surface area contributed by atoms with Crippen molar-refractivity contribution in [3.05, 3.63) is 29.3 Å². The molecule has 0 aliphatic carbocycles. The summed E-state index contributed by atoms with van der Waals surface area (Å²) in [6.07, 6.45) is -0.702. The SMILES string of the molecule is Cc1cc(C)cc(OCC(O)CNC(C(N)=O)C(C)C)c1. The second-order valence-corrected chi connectivity index (χ2v) is 5.82. The van der Waals surface area contributed by atoms with Gasteiger partial charge in [-0.2, -0.15) is 0 Å². The van der Waals surface area contributed by atoms with Gasteiger partial charge in [-0.1, -0.05) is 19.9 Å². The molecule has 0 saturated carbocycles. The monoisotopic (exact) mass is 294 g/mol. The largest absolute Gasteiger partial charge is 0.491 e. The fraction of sp³-hybridized carbons (Fsp3) is 0.562. The summed E-state index contributed by atoms with van der Waals surface area (Å²) >= 11 is 0. The third-order valence-electron chi connectivity index (χ3n) is 3.18. The van der Waals surface area contributed by atoms with Gasteiger partial charge < -0.3 is 20.9 Å². The molecule has 0 heterocycles. The molecule has 2 unspecified atom stereocenters. The van der Waals surface area contributed by atoms with E-state index < -0.39 is 18.1 Å². The summed E-state index contributed by atoms with van der Waals surface area (Å²) in [7, 11) is 0. The fourth-order valence-corrected chi connectivity index (χ4v) is 2.20. The van der Waals surface area contributed by atoms with Crippen molar-refractivity contribution in [1.29, 1.82) is 0 Å². The molecular formula is C16H26N2O3. The molecule has 0 aliphatic rings. The highest BCUT2D eigenvalue weighted by Gasteiger charge is 2.19. The topological polar surface area (TPSA) is 84.6 Å². The van der Waals surface area contributed by atoms with E-state index in [9.17, 15) is 9.90 Å². The van der Waals surface area contributed by atoms with E-state index in [2.05, 4.69) is 11.4 Å². The summed E-state index contributed by atoms with van der Waals surface area (Å²) in [5.41, 5.74) is 7.54. The Kier molecular flexibility index (Phi) is 6.65. The summed E-state index contributed by atoms with van der Waals surface area (Å²) in [5.74, 6) is 0.407. The minimum atomic E-state index is -0.702. The third kappa shape index (κ3) is 6.14. The summed E-state index contributed by atoms with van der Waals surface area (Å²) in [5, 5.41) is 12.9. The number of carbonyl (C=O) groups is 1. The average Bonchev–Trinajstić information content (AvgIpc) is 2.34. The first-order chi connectivity index (χ1) is 9.79. The molecule has 1 aromatic rings. The molecule has 5 nitrogen and oxygen atoms in total. The maximum absolute atomic E-state index is 11.3. The molecule has 118 valence electrons. The Bertz CT molecular complexity index is 454. The number of rotatable bonds is 8. The lowest BCUT2D eigenvalue weighted by molar-refractivity contribution is -0.121. The van der Waals surface area contributed by atoms with Crippen LogP contribution in [0.1, 0.15) is 25.0 Å². The Hall–Kier alpha value is -1.59. The standard InChI is InChI=1S/C16H26N2O3/c1-10(2)15(16(17)20)18-8-13(19)9-21-14-6-11(3)5-12(4)7-14/h5-7,10,13,15,18-19H,8-9H2,1-4H3,(H2,17,20). The highest BCUT2D eigenvalue weighted by atomic mass is 16.5. The molecular weight excluding hydrogens is 268 g/mol. The number of benzene rings is 1. The Labute approximate surface area is 126 Å². The molecule has 0 aromatic heterocycles. The van der Waals surface area contributed by atoms with Crippen LogP contribution in [0.2, 0.25) is 0 Å². The Morgan fingerprint density at radius 1 is 1.29 bits per heavy atom. The number of primary amides is 1. The first-order valence-electron chi connectivity index (χ1n) is 7.21. The van der Waals surface area contributed by atoms with Crippen LogP contribution in [0.5, 0.6) is 5.75 Å². The number of nitrogens with two attached hydrogens (primary N) is 1. The van der Waals surface area contributed by atoms with Crippen molar-refractivity contribution in [2.75, 3.05) is 13.2 Å². The van der Waals surface area contributed by atoms with E-state index >= 15 is 0 Å². The molecule has 0 aliphatic heterocycles. The molecule has 1 amide bonds. The first-order valence-corrected chi connectivity index (χ1v) is 7.21. The van der Waals surface area contributed by atoms with E-state index in [1.807, 2.05) is 39.8 Å². The van der Waals surface area contributed by atoms with Gasteiger partial charge in [0.05, 0.1) is 6.04 Å². The van der Waals surface area contributed by atoms with Crippen LogP contribution in [0.3, 0.4) is 0 Å². The van der Waals surface area contributed by atoms with Crippen molar-refractivity contribution < 1.29 is 14.6 Å². The van der Waals surface area contributed by atoms with Gasteiger partial charge in [-0.3, -0.25) is 4.79 Å². The van der Waals surface area contributed by atoms with Gasteiger partial charge in [0.25, 0.3) is 0 Å². The van der Waals surface area contributed by atoms with Crippen LogP contribution in [0.15, 0.2) is 18.2 Å². The summed E-state index contributed by atoms with van der Waals surface area (Å²) in [6.45, 7) is 8.23. The molecule has 4 N–H and O–H groups in total. The Balaban J connectivity index is 2.43. The number of aliphatic hydroxyl groups is 1. The lowest BCUT2D eigenvalue weighted by Crippen LogP contribution is -2.48. The van der Waals surface area contributed by atoms with Crippen LogP contribution >= 0.6 is 0 Å². The van der Waals surface area contributed by atoms with Crippen LogP contribution in [-0.2, 0) is 4.79 Å². The van der Waals surface area contributed by atoms with Crippen molar-refractivity contribution in [3.63, 3.8) is 0 Å². The van der Waals surface area contributed by atoms with Gasteiger partial charge in [0.15, 0.2) is 0 Å². The molecule has 0 spiro atoms. The minimum Gasteiger partial charge on any atom is -0.491 e. The molecule has 21 heavy (non-hydrogen) atoms. The zero-order valence-corrected chi connectivity index (χ0v) is 13.2. The first kappa shape index (κ1) is 17.5. The highest BCUT2D eigenvalue weighted by molar-refractivity contribution is 5.80. The number of ether oxygens (including phenoxy) is 1. The second-order valence-electron chi connectivity index (χ2n) is 5.82. The summed E-state index contributed by atoms with van der Waals surface area (Å²) in [4.78, 5) is 11.3. The predicted molar refractivity (Wildman–Crippen MR) is 83.2 cm³/mol. The highest BCUT2D eigenvalue weighted by Crippen LogP contribution is 2.16. The molecule has 0 saturated heterocycles. The number of aliphatic hydroxyl groups excluding tert-OH is 1. The van der Waals surface area contributed by atoms with E-state index in [0.717, 1.165) is 16.9 Å². The molecule has 1 aromatic carbocycles. The average molecular weight is 294 g/mol. The number of aryl methyl sites for hydroxylation is 2. The van der Waals surface area contributed by atoms with Crippen molar-refractivity contribution in [2.24, 2.45) is 11.7 Å². The number of hydrogen-bond acceptors (Lipinski definition) is 4. The minimum absolute atomic E-state index is 0.0787. The quantitative estimate of drug-likeness (QED) is 0.671. The Morgan fingerprint density at radius 2 is 1.86 bits per heavy atom. The van der Waals surface area contributed by atoms with Crippen LogP contribution in [0, 0.1) is 19.8 Å². The Morgan fingerprint density at radius 3 is 2.33 bits per heavy atom.